The lowest BCUT2D eigenvalue weighted by molar-refractivity contribution is 0.273. The largest absolute Gasteiger partial charge is 0.263 e. The van der Waals surface area contributed by atoms with Crippen LogP contribution in [0.2, 0.25) is 5.02 Å². The smallest absolute Gasteiger partial charge is 0.255 e. The minimum atomic E-state index is -3.83. The Hall–Kier alpha value is -1.98. The van der Waals surface area contributed by atoms with Crippen molar-refractivity contribution < 1.29 is 16.8 Å². The molecule has 4 rings (SSSR count). The summed E-state index contributed by atoms with van der Waals surface area (Å²) in [5.74, 6) is 0.409. The van der Waals surface area contributed by atoms with Gasteiger partial charge in [-0.05, 0) is 67.1 Å². The van der Waals surface area contributed by atoms with Crippen LogP contribution in [0.4, 0.5) is 5.13 Å². The van der Waals surface area contributed by atoms with E-state index in [1.807, 2.05) is 24.3 Å². The van der Waals surface area contributed by atoms with Crippen molar-refractivity contribution in [2.24, 2.45) is 5.92 Å². The van der Waals surface area contributed by atoms with Crippen LogP contribution in [0.15, 0.2) is 69.9 Å². The molecular weight excluding hydrogens is 490 g/mol. The Kier molecular flexibility index (Phi) is 6.87. The average molecular weight is 512 g/mol. The Balaban J connectivity index is 1.40. The highest BCUT2D eigenvalue weighted by molar-refractivity contribution is 7.93. The summed E-state index contributed by atoms with van der Waals surface area (Å²) in [4.78, 5) is 3.97. The van der Waals surface area contributed by atoms with Crippen LogP contribution in [-0.2, 0) is 26.5 Å². The van der Waals surface area contributed by atoms with E-state index in [0.29, 0.717) is 24.0 Å². The molecule has 7 nitrogen and oxygen atoms in total. The van der Waals surface area contributed by atoms with Crippen LogP contribution < -0.4 is 4.72 Å². The first kappa shape index (κ1) is 23.2. The molecule has 11 heteroatoms. The molecule has 0 unspecified atom stereocenters. The Morgan fingerprint density at radius 1 is 0.969 bits per heavy atom. The van der Waals surface area contributed by atoms with E-state index in [4.69, 9.17) is 11.6 Å². The first-order valence-corrected chi connectivity index (χ1v) is 14.2. The van der Waals surface area contributed by atoms with E-state index in [2.05, 4.69) is 9.71 Å². The minimum absolute atomic E-state index is 0.0201. The zero-order valence-electron chi connectivity index (χ0n) is 17.0. The van der Waals surface area contributed by atoms with Gasteiger partial charge in [0.2, 0.25) is 10.0 Å². The number of benzene rings is 2. The highest BCUT2D eigenvalue weighted by atomic mass is 35.5. The number of aromatic nitrogens is 1. The third kappa shape index (κ3) is 5.32. The molecule has 2 heterocycles. The van der Waals surface area contributed by atoms with Crippen molar-refractivity contribution >= 4 is 48.1 Å². The van der Waals surface area contributed by atoms with Crippen molar-refractivity contribution in [1.29, 1.82) is 0 Å². The number of nitrogens with zero attached hydrogens (tertiary/aromatic N) is 2. The van der Waals surface area contributed by atoms with Crippen molar-refractivity contribution in [3.05, 3.63) is 70.7 Å². The fourth-order valence-corrected chi connectivity index (χ4v) is 7.08. The molecule has 1 saturated heterocycles. The molecule has 32 heavy (non-hydrogen) atoms. The molecule has 0 saturated carbocycles. The summed E-state index contributed by atoms with van der Waals surface area (Å²) >= 11 is 7.10. The van der Waals surface area contributed by atoms with Gasteiger partial charge in [0.05, 0.1) is 9.79 Å². The molecule has 1 aliphatic rings. The normalized spacial score (nSPS) is 16.2. The number of sulfonamides is 2. The zero-order chi connectivity index (χ0) is 22.8. The molecule has 0 aliphatic carbocycles. The van der Waals surface area contributed by atoms with Gasteiger partial charge in [-0.3, -0.25) is 4.72 Å². The number of anilines is 1. The van der Waals surface area contributed by atoms with Gasteiger partial charge in [0, 0.05) is 29.7 Å². The van der Waals surface area contributed by atoms with Gasteiger partial charge in [-0.15, -0.1) is 11.3 Å². The Labute approximate surface area is 197 Å². The molecule has 0 spiro atoms. The molecule has 1 N–H and O–H groups in total. The second kappa shape index (κ2) is 9.48. The van der Waals surface area contributed by atoms with Gasteiger partial charge in [0.1, 0.15) is 0 Å². The van der Waals surface area contributed by atoms with Crippen LogP contribution in [0.5, 0.6) is 0 Å². The third-order valence-electron chi connectivity index (χ3n) is 5.44. The number of piperidine rings is 1. The molecule has 1 aromatic heterocycles. The summed E-state index contributed by atoms with van der Waals surface area (Å²) in [6.07, 6.45) is 3.93. The standard InChI is InChI=1S/C21H22ClN3O4S3/c22-18-3-1-16(2-4-18)15-17-9-12-25(13-10-17)32(28,29)20-7-5-19(6-8-20)31(26,27)24-21-23-11-14-30-21/h1-8,11,14,17H,9-10,12-13,15H2,(H,23,24). The number of hydrogen-bond acceptors (Lipinski definition) is 6. The molecule has 0 amide bonds. The van der Waals surface area contributed by atoms with Gasteiger partial charge < -0.3 is 0 Å². The van der Waals surface area contributed by atoms with Crippen LogP contribution >= 0.6 is 22.9 Å². The summed E-state index contributed by atoms with van der Waals surface area (Å²) in [5.41, 5.74) is 1.19. The topological polar surface area (TPSA) is 96.4 Å². The Morgan fingerprint density at radius 3 is 2.19 bits per heavy atom. The molecule has 1 aliphatic heterocycles. The molecule has 1 fully saturated rings. The van der Waals surface area contributed by atoms with Gasteiger partial charge in [-0.1, -0.05) is 23.7 Å². The summed E-state index contributed by atoms with van der Waals surface area (Å²) in [6.45, 7) is 0.873. The van der Waals surface area contributed by atoms with E-state index in [1.54, 1.807) is 5.38 Å². The number of thiazole rings is 1. The fraction of sp³-hybridized carbons (Fsp3) is 0.286. The first-order valence-electron chi connectivity index (χ1n) is 10.0. The Bertz CT molecular complexity index is 1250. The van der Waals surface area contributed by atoms with E-state index in [-0.39, 0.29) is 14.9 Å². The zero-order valence-corrected chi connectivity index (χ0v) is 20.2. The lowest BCUT2D eigenvalue weighted by Gasteiger charge is -2.31. The van der Waals surface area contributed by atoms with Crippen LogP contribution in [0, 0.1) is 5.92 Å². The SMILES string of the molecule is O=S(=O)(Nc1nccs1)c1ccc(S(=O)(=O)N2CCC(Cc3ccc(Cl)cc3)CC2)cc1. The molecular formula is C21H22ClN3O4S3. The Morgan fingerprint density at radius 2 is 1.59 bits per heavy atom. The monoisotopic (exact) mass is 511 g/mol. The molecule has 3 aromatic rings. The maximum Gasteiger partial charge on any atom is 0.263 e. The van der Waals surface area contributed by atoms with Crippen LogP contribution in [0.25, 0.3) is 0 Å². The maximum absolute atomic E-state index is 13.0. The average Bonchev–Trinajstić information content (AvgIpc) is 3.28. The first-order chi connectivity index (χ1) is 15.2. The number of rotatable bonds is 7. The molecule has 0 radical (unpaired) electrons. The van der Waals surface area contributed by atoms with Crippen molar-refractivity contribution in [2.75, 3.05) is 17.8 Å². The van der Waals surface area contributed by atoms with Gasteiger partial charge >= 0.3 is 0 Å². The van der Waals surface area contributed by atoms with Gasteiger partial charge in [-0.2, -0.15) is 4.31 Å². The summed E-state index contributed by atoms with van der Waals surface area (Å²) in [5, 5.41) is 2.61. The fourth-order valence-electron chi connectivity index (χ4n) is 3.70. The van der Waals surface area contributed by atoms with Gasteiger partial charge in [0.25, 0.3) is 10.0 Å². The predicted octanol–water partition coefficient (Wildman–Crippen LogP) is 4.24. The van der Waals surface area contributed by atoms with E-state index in [9.17, 15) is 16.8 Å². The van der Waals surface area contributed by atoms with Gasteiger partial charge in [0.15, 0.2) is 5.13 Å². The van der Waals surface area contributed by atoms with Crippen molar-refractivity contribution in [3.8, 4) is 0 Å². The minimum Gasteiger partial charge on any atom is -0.255 e. The summed E-state index contributed by atoms with van der Waals surface area (Å²) < 4.78 is 54.9. The maximum atomic E-state index is 13.0. The van der Waals surface area contributed by atoms with Crippen LogP contribution in [0.1, 0.15) is 18.4 Å². The summed E-state index contributed by atoms with van der Waals surface area (Å²) in [6, 6.07) is 13.0. The van der Waals surface area contributed by atoms with Crippen molar-refractivity contribution in [1.82, 2.24) is 9.29 Å². The molecule has 0 bridgehead atoms. The second-order valence-electron chi connectivity index (χ2n) is 7.59. The lowest BCUT2D eigenvalue weighted by Crippen LogP contribution is -2.38. The highest BCUT2D eigenvalue weighted by Gasteiger charge is 2.30. The number of halogens is 1. The third-order valence-corrected chi connectivity index (χ3v) is 9.77. The van der Waals surface area contributed by atoms with E-state index in [1.165, 1.54) is 40.3 Å². The molecule has 0 atom stereocenters. The van der Waals surface area contributed by atoms with Crippen LogP contribution in [-0.4, -0.2) is 39.2 Å². The predicted molar refractivity (Wildman–Crippen MR) is 126 cm³/mol. The molecule has 2 aromatic carbocycles. The number of hydrogen-bond donors (Lipinski definition) is 1. The van der Waals surface area contributed by atoms with Crippen molar-refractivity contribution in [3.63, 3.8) is 0 Å². The van der Waals surface area contributed by atoms with E-state index >= 15 is 0 Å². The quantitative estimate of drug-likeness (QED) is 0.511. The summed E-state index contributed by atoms with van der Waals surface area (Å²) in [7, 11) is -7.51. The number of nitrogens with one attached hydrogen (secondary N) is 1. The molecule has 170 valence electrons. The van der Waals surface area contributed by atoms with E-state index in [0.717, 1.165) is 30.6 Å². The second-order valence-corrected chi connectivity index (χ2v) is 12.5. The van der Waals surface area contributed by atoms with Crippen LogP contribution in [0.3, 0.4) is 0 Å². The van der Waals surface area contributed by atoms with Crippen molar-refractivity contribution in [2.45, 2.75) is 29.1 Å². The van der Waals surface area contributed by atoms with E-state index < -0.39 is 20.0 Å². The lowest BCUT2D eigenvalue weighted by atomic mass is 9.91. The van der Waals surface area contributed by atoms with Gasteiger partial charge in [-0.25, -0.2) is 21.8 Å². The highest BCUT2D eigenvalue weighted by Crippen LogP contribution is 2.27.